The summed E-state index contributed by atoms with van der Waals surface area (Å²) in [7, 11) is 0. The number of terminal acetylenes is 1. The molecule has 6 nitrogen and oxygen atoms in total. The summed E-state index contributed by atoms with van der Waals surface area (Å²) in [5.41, 5.74) is -0.207. The van der Waals surface area contributed by atoms with E-state index in [9.17, 15) is 14.9 Å². The quantitative estimate of drug-likeness (QED) is 0.341. The van der Waals surface area contributed by atoms with E-state index in [0.29, 0.717) is 18.7 Å². The van der Waals surface area contributed by atoms with Crippen LogP contribution in [0, 0.1) is 22.5 Å². The minimum absolute atomic E-state index is 0.317. The highest BCUT2D eigenvalue weighted by Crippen LogP contribution is 2.23. The van der Waals surface area contributed by atoms with E-state index in [4.69, 9.17) is 11.5 Å². The molecule has 0 unspecified atom stereocenters. The van der Waals surface area contributed by atoms with E-state index < -0.39 is 16.6 Å². The third kappa shape index (κ3) is 4.32. The first kappa shape index (κ1) is 14.5. The maximum Gasteiger partial charge on any atom is 0.342 e. The van der Waals surface area contributed by atoms with Crippen LogP contribution in [0.1, 0.15) is 29.6 Å². The van der Waals surface area contributed by atoms with E-state index in [1.54, 1.807) is 0 Å². The number of hydrogen-bond acceptors (Lipinski definition) is 4. The van der Waals surface area contributed by atoms with Crippen LogP contribution in [0.4, 0.5) is 11.4 Å². The molecule has 6 heteroatoms. The first-order chi connectivity index (χ1) is 9.06. The van der Waals surface area contributed by atoms with Gasteiger partial charge in [-0.05, 0) is 25.0 Å². The Morgan fingerprint density at radius 3 is 2.79 bits per heavy atom. The van der Waals surface area contributed by atoms with E-state index in [0.717, 1.165) is 12.8 Å². The molecule has 0 aliphatic rings. The molecular weight excluding hydrogens is 248 g/mol. The average Bonchev–Trinajstić information content (AvgIpc) is 2.38. The van der Waals surface area contributed by atoms with Crippen molar-refractivity contribution in [3.63, 3.8) is 0 Å². The van der Waals surface area contributed by atoms with Crippen molar-refractivity contribution in [2.24, 2.45) is 0 Å². The van der Waals surface area contributed by atoms with Gasteiger partial charge in [-0.25, -0.2) is 4.79 Å². The summed E-state index contributed by atoms with van der Waals surface area (Å²) in [4.78, 5) is 20.9. The monoisotopic (exact) mass is 262 g/mol. The van der Waals surface area contributed by atoms with Crippen LogP contribution in [0.2, 0.25) is 0 Å². The molecule has 0 radical (unpaired) electrons. The Morgan fingerprint density at radius 2 is 2.21 bits per heavy atom. The second-order valence-corrected chi connectivity index (χ2v) is 3.88. The van der Waals surface area contributed by atoms with Crippen molar-refractivity contribution in [2.75, 3.05) is 11.9 Å². The summed E-state index contributed by atoms with van der Waals surface area (Å²) < 4.78 is 0. The molecule has 1 rings (SSSR count). The van der Waals surface area contributed by atoms with E-state index in [1.807, 2.05) is 0 Å². The van der Waals surface area contributed by atoms with Crippen LogP contribution >= 0.6 is 0 Å². The lowest BCUT2D eigenvalue weighted by atomic mass is 10.1. The van der Waals surface area contributed by atoms with Crippen molar-refractivity contribution >= 4 is 17.3 Å². The highest BCUT2D eigenvalue weighted by Gasteiger charge is 2.19. The van der Waals surface area contributed by atoms with E-state index in [1.165, 1.54) is 18.2 Å². The summed E-state index contributed by atoms with van der Waals surface area (Å²) in [6, 6.07) is 3.96. The highest BCUT2D eigenvalue weighted by molar-refractivity contribution is 5.93. The molecule has 2 N–H and O–H groups in total. The number of carboxylic acids is 1. The van der Waals surface area contributed by atoms with Crippen LogP contribution in [-0.4, -0.2) is 22.5 Å². The summed E-state index contributed by atoms with van der Waals surface area (Å²) in [6.07, 6.45) is 7.53. The molecule has 0 aliphatic carbocycles. The first-order valence-corrected chi connectivity index (χ1v) is 5.75. The van der Waals surface area contributed by atoms with Gasteiger partial charge in [-0.15, -0.1) is 12.3 Å². The van der Waals surface area contributed by atoms with Crippen molar-refractivity contribution < 1.29 is 14.8 Å². The van der Waals surface area contributed by atoms with Crippen LogP contribution in [-0.2, 0) is 0 Å². The minimum Gasteiger partial charge on any atom is -0.477 e. The molecule has 0 fully saturated rings. The SMILES string of the molecule is C#CCCCCNc1ccc(C(=O)O)c([N+](=O)[O-])c1. The Balaban J connectivity index is 2.71. The van der Waals surface area contributed by atoms with Gasteiger partial charge < -0.3 is 10.4 Å². The zero-order chi connectivity index (χ0) is 14.3. The maximum atomic E-state index is 10.8. The Labute approximate surface area is 110 Å². The molecule has 0 atom stereocenters. The molecular formula is C13H14N2O4. The topological polar surface area (TPSA) is 92.5 Å². The molecule has 0 saturated carbocycles. The molecule has 0 amide bonds. The summed E-state index contributed by atoms with van der Waals surface area (Å²) in [5, 5.41) is 22.6. The zero-order valence-electron chi connectivity index (χ0n) is 10.3. The van der Waals surface area contributed by atoms with Crippen LogP contribution in [0.25, 0.3) is 0 Å². The van der Waals surface area contributed by atoms with Gasteiger partial charge in [0.05, 0.1) is 4.92 Å². The highest BCUT2D eigenvalue weighted by atomic mass is 16.6. The fraction of sp³-hybridized carbons (Fsp3) is 0.308. The van der Waals surface area contributed by atoms with Gasteiger partial charge in [-0.1, -0.05) is 0 Å². The minimum atomic E-state index is -1.31. The second kappa shape index (κ2) is 7.01. The van der Waals surface area contributed by atoms with Gasteiger partial charge in [0.15, 0.2) is 0 Å². The number of aromatic carboxylic acids is 1. The second-order valence-electron chi connectivity index (χ2n) is 3.88. The van der Waals surface area contributed by atoms with E-state index in [2.05, 4.69) is 11.2 Å². The molecule has 0 aliphatic heterocycles. The van der Waals surface area contributed by atoms with Gasteiger partial charge in [-0.3, -0.25) is 10.1 Å². The number of benzene rings is 1. The summed E-state index contributed by atoms with van der Waals surface area (Å²) in [6.45, 7) is 0.630. The van der Waals surface area contributed by atoms with E-state index >= 15 is 0 Å². The molecule has 1 aromatic carbocycles. The molecule has 19 heavy (non-hydrogen) atoms. The smallest absolute Gasteiger partial charge is 0.342 e. The largest absolute Gasteiger partial charge is 0.477 e. The Kier molecular flexibility index (Phi) is 5.35. The lowest BCUT2D eigenvalue weighted by Crippen LogP contribution is -2.05. The number of anilines is 1. The number of nitrogens with zero attached hydrogens (tertiary/aromatic N) is 1. The molecule has 0 aromatic heterocycles. The van der Waals surface area contributed by atoms with Crippen LogP contribution < -0.4 is 5.32 Å². The number of unbranched alkanes of at least 4 members (excludes halogenated alkanes) is 2. The van der Waals surface area contributed by atoms with Gasteiger partial charge in [0.2, 0.25) is 0 Å². The standard InChI is InChI=1S/C13H14N2O4/c1-2-3-4-5-8-14-10-6-7-11(13(16)17)12(9-10)15(18)19/h1,6-7,9,14H,3-5,8H2,(H,16,17). The maximum absolute atomic E-state index is 10.8. The van der Waals surface area contributed by atoms with Crippen LogP contribution in [0.15, 0.2) is 18.2 Å². The lowest BCUT2D eigenvalue weighted by molar-refractivity contribution is -0.385. The Morgan fingerprint density at radius 1 is 1.47 bits per heavy atom. The number of nitro benzene ring substituents is 1. The Hall–Kier alpha value is -2.55. The van der Waals surface area contributed by atoms with Gasteiger partial charge in [0.25, 0.3) is 5.69 Å². The summed E-state index contributed by atoms with van der Waals surface area (Å²) >= 11 is 0. The first-order valence-electron chi connectivity index (χ1n) is 5.75. The van der Waals surface area contributed by atoms with Gasteiger partial charge in [0, 0.05) is 24.7 Å². The fourth-order valence-corrected chi connectivity index (χ4v) is 1.56. The number of nitrogens with one attached hydrogen (secondary N) is 1. The third-order valence-electron chi connectivity index (χ3n) is 2.50. The normalized spacial score (nSPS) is 9.63. The van der Waals surface area contributed by atoms with Crippen LogP contribution in [0.5, 0.6) is 0 Å². The molecule has 0 spiro atoms. The number of hydrogen-bond donors (Lipinski definition) is 2. The van der Waals surface area contributed by atoms with Gasteiger partial charge in [0.1, 0.15) is 5.56 Å². The molecule has 100 valence electrons. The van der Waals surface area contributed by atoms with Gasteiger partial charge >= 0.3 is 5.97 Å². The predicted octanol–water partition coefficient (Wildman–Crippen LogP) is 2.51. The molecule has 0 heterocycles. The van der Waals surface area contributed by atoms with Crippen molar-refractivity contribution in [2.45, 2.75) is 19.3 Å². The number of carboxylic acid groups (broad SMARTS) is 1. The van der Waals surface area contributed by atoms with E-state index in [-0.39, 0.29) is 5.56 Å². The number of rotatable bonds is 7. The molecule has 0 saturated heterocycles. The average molecular weight is 262 g/mol. The molecule has 1 aromatic rings. The number of carbonyl (C=O) groups is 1. The van der Waals surface area contributed by atoms with Gasteiger partial charge in [-0.2, -0.15) is 0 Å². The lowest BCUT2D eigenvalue weighted by Gasteiger charge is -2.06. The fourth-order valence-electron chi connectivity index (χ4n) is 1.56. The van der Waals surface area contributed by atoms with Crippen LogP contribution in [0.3, 0.4) is 0 Å². The van der Waals surface area contributed by atoms with Crippen molar-refractivity contribution in [1.82, 2.24) is 0 Å². The Bertz CT molecular complexity index is 520. The number of nitro groups is 1. The molecule has 0 bridgehead atoms. The zero-order valence-corrected chi connectivity index (χ0v) is 10.3. The van der Waals surface area contributed by atoms with Crippen molar-refractivity contribution in [3.8, 4) is 12.3 Å². The summed E-state index contributed by atoms with van der Waals surface area (Å²) in [5.74, 6) is 1.22. The predicted molar refractivity (Wildman–Crippen MR) is 71.2 cm³/mol. The van der Waals surface area contributed by atoms with Crippen molar-refractivity contribution in [1.29, 1.82) is 0 Å². The van der Waals surface area contributed by atoms with Crippen molar-refractivity contribution in [3.05, 3.63) is 33.9 Å². The third-order valence-corrected chi connectivity index (χ3v) is 2.50.